The van der Waals surface area contributed by atoms with Crippen LogP contribution in [0.2, 0.25) is 0 Å². The number of rotatable bonds is 5. The van der Waals surface area contributed by atoms with Crippen LogP contribution in [0.5, 0.6) is 0 Å². The van der Waals surface area contributed by atoms with Crippen LogP contribution in [0.25, 0.3) is 0 Å². The van der Waals surface area contributed by atoms with Gasteiger partial charge in [-0.05, 0) is 42.8 Å². The van der Waals surface area contributed by atoms with Crippen molar-refractivity contribution in [2.45, 2.75) is 30.1 Å². The van der Waals surface area contributed by atoms with E-state index in [0.717, 1.165) is 4.90 Å². The van der Waals surface area contributed by atoms with Crippen LogP contribution in [-0.4, -0.2) is 31.7 Å². The number of nitrogens with one attached hydrogen (secondary N) is 2. The van der Waals surface area contributed by atoms with Gasteiger partial charge in [-0.25, -0.2) is 12.8 Å². The zero-order valence-electron chi connectivity index (χ0n) is 16.0. The number of carbonyl (C=O) groups excluding carboxylic acids is 2. The number of anilines is 2. The van der Waals surface area contributed by atoms with Gasteiger partial charge >= 0.3 is 0 Å². The highest BCUT2D eigenvalue weighted by atomic mass is 32.2. The molecule has 1 aliphatic rings. The number of hydrogen-bond donors (Lipinski definition) is 2. The molecule has 154 valence electrons. The maximum atomic E-state index is 13.6. The van der Waals surface area contributed by atoms with Gasteiger partial charge in [0.2, 0.25) is 11.8 Å². The predicted octanol–water partition coefficient (Wildman–Crippen LogP) is 3.62. The van der Waals surface area contributed by atoms with Crippen LogP contribution in [0.4, 0.5) is 15.8 Å². The zero-order chi connectivity index (χ0) is 21.2. The molecule has 2 aromatic carbocycles. The summed E-state index contributed by atoms with van der Waals surface area (Å²) in [5.74, 6) is -1.09. The molecule has 1 aliphatic heterocycles. The third kappa shape index (κ3) is 5.16. The summed E-state index contributed by atoms with van der Waals surface area (Å²) in [6, 6.07) is 8.86. The number of hydrogen-bond acceptors (Lipinski definition) is 5. The Hall–Kier alpha value is -2.39. The average Bonchev–Trinajstić information content (AvgIpc) is 2.81. The van der Waals surface area contributed by atoms with E-state index in [4.69, 9.17) is 0 Å². The van der Waals surface area contributed by atoms with Crippen molar-refractivity contribution in [3.05, 3.63) is 47.8 Å². The Kier molecular flexibility index (Phi) is 6.28. The molecule has 29 heavy (non-hydrogen) atoms. The van der Waals surface area contributed by atoms with Crippen molar-refractivity contribution >= 4 is 44.8 Å². The summed E-state index contributed by atoms with van der Waals surface area (Å²) >= 11 is 1.49. The highest BCUT2D eigenvalue weighted by Gasteiger charge is 2.23. The lowest BCUT2D eigenvalue weighted by Crippen LogP contribution is -2.20. The second-order valence-electron chi connectivity index (χ2n) is 6.94. The molecule has 0 aromatic heterocycles. The number of halogens is 1. The molecule has 0 fully saturated rings. The maximum Gasteiger partial charge on any atom is 0.228 e. The van der Waals surface area contributed by atoms with Crippen LogP contribution < -0.4 is 10.6 Å². The highest BCUT2D eigenvalue weighted by Crippen LogP contribution is 2.34. The van der Waals surface area contributed by atoms with Gasteiger partial charge in [0.15, 0.2) is 9.84 Å². The highest BCUT2D eigenvalue weighted by molar-refractivity contribution is 7.99. The van der Waals surface area contributed by atoms with Gasteiger partial charge in [-0.3, -0.25) is 9.59 Å². The summed E-state index contributed by atoms with van der Waals surface area (Å²) in [6.07, 6.45) is -0.271. The molecule has 0 unspecified atom stereocenters. The van der Waals surface area contributed by atoms with Crippen LogP contribution in [0.15, 0.2) is 46.2 Å². The fraction of sp³-hybridized carbons (Fsp3) is 0.300. The number of carbonyl (C=O) groups is 2. The quantitative estimate of drug-likeness (QED) is 0.747. The monoisotopic (exact) mass is 436 g/mol. The standard InChI is InChI=1S/C20H21FN2O4S2/c1-12-3-4-14(9-16(12)21)22-19(24)7-8-29(26,27)15-5-6-18-17(10-15)23-20(25)13(2)11-28-18/h3-6,9-10,13H,7-8,11H2,1-2H3,(H,22,24)(H,23,25)/t13-/m0/s1. The Morgan fingerprint density at radius 1 is 1.28 bits per heavy atom. The molecule has 0 radical (unpaired) electrons. The minimum atomic E-state index is -3.73. The van der Waals surface area contributed by atoms with E-state index in [9.17, 15) is 22.4 Å². The normalized spacial score (nSPS) is 16.5. The average molecular weight is 437 g/mol. The molecule has 3 rings (SSSR count). The molecule has 1 heterocycles. The number of benzene rings is 2. The summed E-state index contributed by atoms with van der Waals surface area (Å²) in [7, 11) is -3.73. The van der Waals surface area contributed by atoms with Crippen LogP contribution in [0.3, 0.4) is 0 Å². The van der Waals surface area contributed by atoms with Gasteiger partial charge in [0.25, 0.3) is 0 Å². The van der Waals surface area contributed by atoms with Crippen molar-refractivity contribution in [1.29, 1.82) is 0 Å². The first-order chi connectivity index (χ1) is 13.7. The van der Waals surface area contributed by atoms with Gasteiger partial charge in [-0.15, -0.1) is 11.8 Å². The molecule has 2 aromatic rings. The Labute approximate surface area is 173 Å². The minimum absolute atomic E-state index is 0.0425. The van der Waals surface area contributed by atoms with Crippen molar-refractivity contribution in [3.8, 4) is 0 Å². The van der Waals surface area contributed by atoms with Crippen molar-refractivity contribution in [3.63, 3.8) is 0 Å². The number of amides is 2. The molecule has 0 aliphatic carbocycles. The van der Waals surface area contributed by atoms with E-state index >= 15 is 0 Å². The van der Waals surface area contributed by atoms with E-state index in [-0.39, 0.29) is 28.8 Å². The summed E-state index contributed by atoms with van der Waals surface area (Å²) in [6.45, 7) is 3.42. The first-order valence-electron chi connectivity index (χ1n) is 9.02. The third-order valence-electron chi connectivity index (χ3n) is 4.56. The van der Waals surface area contributed by atoms with Crippen LogP contribution in [0.1, 0.15) is 18.9 Å². The Balaban J connectivity index is 1.68. The van der Waals surface area contributed by atoms with Crippen molar-refractivity contribution in [1.82, 2.24) is 0 Å². The van der Waals surface area contributed by atoms with E-state index in [1.54, 1.807) is 19.1 Å². The van der Waals surface area contributed by atoms with Gasteiger partial charge in [-0.2, -0.15) is 0 Å². The lowest BCUT2D eigenvalue weighted by Gasteiger charge is -2.10. The topological polar surface area (TPSA) is 92.3 Å². The number of aryl methyl sites for hydroxylation is 1. The molecule has 9 heteroatoms. The second-order valence-corrected chi connectivity index (χ2v) is 10.1. The zero-order valence-corrected chi connectivity index (χ0v) is 17.6. The molecular formula is C20H21FN2O4S2. The lowest BCUT2D eigenvalue weighted by atomic mass is 10.2. The Morgan fingerprint density at radius 2 is 2.03 bits per heavy atom. The first-order valence-corrected chi connectivity index (χ1v) is 11.7. The van der Waals surface area contributed by atoms with E-state index in [2.05, 4.69) is 10.6 Å². The number of fused-ring (bicyclic) bond motifs is 1. The van der Waals surface area contributed by atoms with Crippen molar-refractivity contribution in [2.24, 2.45) is 5.92 Å². The van der Waals surface area contributed by atoms with Crippen molar-refractivity contribution in [2.75, 3.05) is 22.1 Å². The Bertz CT molecular complexity index is 1070. The molecule has 0 saturated heterocycles. The summed E-state index contributed by atoms with van der Waals surface area (Å²) in [4.78, 5) is 25.0. The van der Waals surface area contributed by atoms with E-state index in [0.29, 0.717) is 17.0 Å². The smallest absolute Gasteiger partial charge is 0.228 e. The maximum absolute atomic E-state index is 13.6. The third-order valence-corrected chi connectivity index (χ3v) is 7.61. The van der Waals surface area contributed by atoms with E-state index < -0.39 is 27.3 Å². The summed E-state index contributed by atoms with van der Waals surface area (Å²) in [5.41, 5.74) is 1.19. The van der Waals surface area contributed by atoms with Gasteiger partial charge in [-0.1, -0.05) is 13.0 Å². The predicted molar refractivity (Wildman–Crippen MR) is 111 cm³/mol. The summed E-state index contributed by atoms with van der Waals surface area (Å²) < 4.78 is 38.9. The molecule has 6 nitrogen and oxygen atoms in total. The lowest BCUT2D eigenvalue weighted by molar-refractivity contribution is -0.118. The molecular weight excluding hydrogens is 415 g/mol. The Morgan fingerprint density at radius 3 is 2.76 bits per heavy atom. The van der Waals surface area contributed by atoms with E-state index in [1.165, 1.54) is 36.0 Å². The van der Waals surface area contributed by atoms with Gasteiger partial charge in [0.05, 0.1) is 16.3 Å². The molecule has 2 N–H and O–H groups in total. The molecule has 0 saturated carbocycles. The minimum Gasteiger partial charge on any atom is -0.326 e. The SMILES string of the molecule is Cc1ccc(NC(=O)CCS(=O)(=O)c2ccc3c(c2)NC(=O)[C@@H](C)CS3)cc1F. The van der Waals surface area contributed by atoms with Crippen LogP contribution in [-0.2, 0) is 19.4 Å². The van der Waals surface area contributed by atoms with Gasteiger partial charge in [0, 0.05) is 28.7 Å². The second kappa shape index (κ2) is 8.54. The molecule has 0 spiro atoms. The fourth-order valence-electron chi connectivity index (χ4n) is 2.71. The van der Waals surface area contributed by atoms with E-state index in [1.807, 2.05) is 6.92 Å². The van der Waals surface area contributed by atoms with Crippen LogP contribution in [0, 0.1) is 18.7 Å². The van der Waals surface area contributed by atoms with Gasteiger partial charge < -0.3 is 10.6 Å². The van der Waals surface area contributed by atoms with Gasteiger partial charge in [0.1, 0.15) is 5.82 Å². The molecule has 1 atom stereocenters. The molecule has 2 amide bonds. The van der Waals surface area contributed by atoms with Crippen LogP contribution >= 0.6 is 11.8 Å². The number of thioether (sulfide) groups is 1. The number of sulfone groups is 1. The fourth-order valence-corrected chi connectivity index (χ4v) is 4.98. The molecule has 0 bridgehead atoms. The van der Waals surface area contributed by atoms with Crippen molar-refractivity contribution < 1.29 is 22.4 Å². The first kappa shape index (κ1) is 21.3. The summed E-state index contributed by atoms with van der Waals surface area (Å²) in [5, 5.41) is 5.25. The largest absolute Gasteiger partial charge is 0.326 e.